The predicted octanol–water partition coefficient (Wildman–Crippen LogP) is 6.64. The van der Waals surface area contributed by atoms with Gasteiger partial charge in [-0.05, 0) is 11.6 Å². The standard InChI is InChI=1S/C29H50N3O8PS/c1-2-3-4-5-6-7-8-9-10-11-12-13-14-15-16-19-31-29(33)36-24-26(40-27-17-21-37-32-27)25-39-41(34,35)38-22-18-28-30-20-23-42-28/h17,20-21,23,26H,2-16,18-19,22,24-25H2,1H3,(H,31,33)(H,34,35). The predicted molar refractivity (Wildman–Crippen MR) is 159 cm³/mol. The van der Waals surface area contributed by atoms with Crippen molar-refractivity contribution in [2.24, 2.45) is 0 Å². The lowest BCUT2D eigenvalue weighted by atomic mass is 10.0. The van der Waals surface area contributed by atoms with Crippen molar-refractivity contribution < 1.29 is 42.3 Å². The molecule has 0 spiro atoms. The SMILES string of the molecule is CCCCCCCCCCCCCCCCCNC(=O)OCC(COP(=O)([O-])OCCc1[nH+]ccs1)Oc1ccon1. The average molecular weight is 632 g/mol. The van der Waals surface area contributed by atoms with Crippen molar-refractivity contribution in [2.75, 3.05) is 26.4 Å². The maximum Gasteiger partial charge on any atom is 0.407 e. The number of rotatable bonds is 27. The van der Waals surface area contributed by atoms with Gasteiger partial charge in [0, 0.05) is 12.6 Å². The van der Waals surface area contributed by atoms with E-state index in [0.29, 0.717) is 13.0 Å². The summed E-state index contributed by atoms with van der Waals surface area (Å²) in [5.41, 5.74) is 0. The smallest absolute Gasteiger partial charge is 0.407 e. The number of nitrogens with one attached hydrogen (secondary N) is 2. The summed E-state index contributed by atoms with van der Waals surface area (Å²) < 4.78 is 37.5. The number of H-pyrrole nitrogens is 1. The molecule has 2 unspecified atom stereocenters. The molecule has 0 aliphatic rings. The molecule has 0 saturated carbocycles. The molecule has 11 nitrogen and oxygen atoms in total. The summed E-state index contributed by atoms with van der Waals surface area (Å²) in [6.07, 6.45) is 21.1. The van der Waals surface area contributed by atoms with Gasteiger partial charge in [0.05, 0.1) is 25.0 Å². The molecule has 0 aliphatic heterocycles. The summed E-state index contributed by atoms with van der Waals surface area (Å²) in [5.74, 6) is 0.111. The Kier molecular flexibility index (Phi) is 20.2. The second-order valence-electron chi connectivity index (χ2n) is 10.4. The topological polar surface area (TPSA) is 146 Å². The number of aromatic amines is 1. The van der Waals surface area contributed by atoms with Gasteiger partial charge in [-0.2, -0.15) is 0 Å². The third-order valence-corrected chi connectivity index (χ3v) is 8.51. The minimum Gasteiger partial charge on any atom is -0.756 e. The second kappa shape index (κ2) is 23.5. The summed E-state index contributed by atoms with van der Waals surface area (Å²) in [4.78, 5) is 27.3. The first-order valence-corrected chi connectivity index (χ1v) is 17.8. The second-order valence-corrected chi connectivity index (χ2v) is 12.8. The molecule has 0 fully saturated rings. The summed E-state index contributed by atoms with van der Waals surface area (Å²) in [7, 11) is -4.59. The molecule has 2 N–H and O–H groups in total. The van der Waals surface area contributed by atoms with Gasteiger partial charge < -0.3 is 33.3 Å². The molecule has 0 aliphatic carbocycles. The van der Waals surface area contributed by atoms with Crippen molar-refractivity contribution in [1.29, 1.82) is 0 Å². The van der Waals surface area contributed by atoms with E-state index in [2.05, 4.69) is 22.4 Å². The van der Waals surface area contributed by atoms with Gasteiger partial charge >= 0.3 is 6.09 Å². The number of ether oxygens (including phenoxy) is 2. The lowest BCUT2D eigenvalue weighted by molar-refractivity contribution is -0.382. The number of unbranched alkanes of at least 4 members (excludes halogenated alkanes) is 14. The highest BCUT2D eigenvalue weighted by Crippen LogP contribution is 2.38. The number of hydrogen-bond donors (Lipinski definition) is 1. The highest BCUT2D eigenvalue weighted by Gasteiger charge is 2.20. The first-order chi connectivity index (χ1) is 20.5. The summed E-state index contributed by atoms with van der Waals surface area (Å²) in [5, 5.41) is 9.10. The molecule has 2 atom stereocenters. The molecule has 2 rings (SSSR count). The summed E-state index contributed by atoms with van der Waals surface area (Å²) in [6.45, 7) is 2.03. The van der Waals surface area contributed by atoms with Gasteiger partial charge in [0.25, 0.3) is 13.7 Å². The number of thiazole rings is 1. The third-order valence-electron chi connectivity index (χ3n) is 6.67. The van der Waals surface area contributed by atoms with Crippen LogP contribution in [0.25, 0.3) is 0 Å². The molecule has 0 bridgehead atoms. The number of carbonyl (C=O) groups is 1. The van der Waals surface area contributed by atoms with Crippen LogP contribution in [0.15, 0.2) is 28.4 Å². The Balaban J connectivity index is 1.50. The molecule has 0 radical (unpaired) electrons. The molecular weight excluding hydrogens is 581 g/mol. The highest BCUT2D eigenvalue weighted by molar-refractivity contribution is 7.45. The van der Waals surface area contributed by atoms with Crippen molar-refractivity contribution in [2.45, 2.75) is 116 Å². The fraction of sp³-hybridized carbons (Fsp3) is 0.759. The summed E-state index contributed by atoms with van der Waals surface area (Å²) in [6, 6.07) is 1.45. The van der Waals surface area contributed by atoms with Crippen LogP contribution in [0.3, 0.4) is 0 Å². The monoisotopic (exact) mass is 631 g/mol. The molecule has 2 heterocycles. The van der Waals surface area contributed by atoms with Crippen LogP contribution in [0, 0.1) is 0 Å². The van der Waals surface area contributed by atoms with E-state index >= 15 is 0 Å². The molecular formula is C29H50N3O8PS. The maximum atomic E-state index is 12.1. The number of phosphoric acid groups is 1. The largest absolute Gasteiger partial charge is 0.756 e. The van der Waals surface area contributed by atoms with Gasteiger partial charge in [0.2, 0.25) is 5.01 Å². The summed E-state index contributed by atoms with van der Waals surface area (Å²) >= 11 is 1.46. The van der Waals surface area contributed by atoms with Crippen molar-refractivity contribution in [3.8, 4) is 5.88 Å². The Morgan fingerprint density at radius 3 is 2.21 bits per heavy atom. The van der Waals surface area contributed by atoms with E-state index in [1.807, 2.05) is 5.38 Å². The van der Waals surface area contributed by atoms with E-state index in [9.17, 15) is 14.3 Å². The fourth-order valence-electron chi connectivity index (χ4n) is 4.33. The number of aromatic nitrogens is 2. The molecule has 13 heteroatoms. The number of carbonyl (C=O) groups excluding carboxylic acids is 1. The highest BCUT2D eigenvalue weighted by atomic mass is 32.1. The zero-order chi connectivity index (χ0) is 30.1. The van der Waals surface area contributed by atoms with Gasteiger partial charge in [0.15, 0.2) is 12.3 Å². The quantitative estimate of drug-likeness (QED) is 0.0847. The van der Waals surface area contributed by atoms with Gasteiger partial charge in [-0.15, -0.1) is 0 Å². The van der Waals surface area contributed by atoms with E-state index in [1.54, 1.807) is 6.20 Å². The van der Waals surface area contributed by atoms with E-state index in [-0.39, 0.29) is 19.1 Å². The van der Waals surface area contributed by atoms with Crippen LogP contribution in [0.5, 0.6) is 5.88 Å². The Labute approximate surface area is 254 Å². The van der Waals surface area contributed by atoms with Crippen LogP contribution in [-0.2, 0) is 24.8 Å². The molecule has 2 aromatic rings. The molecule has 0 saturated heterocycles. The van der Waals surface area contributed by atoms with Crippen molar-refractivity contribution in [3.05, 3.63) is 28.9 Å². The molecule has 0 aromatic carbocycles. The molecule has 42 heavy (non-hydrogen) atoms. The van der Waals surface area contributed by atoms with Crippen molar-refractivity contribution in [1.82, 2.24) is 10.5 Å². The van der Waals surface area contributed by atoms with Crippen molar-refractivity contribution >= 4 is 25.3 Å². The van der Waals surface area contributed by atoms with Crippen LogP contribution in [0.2, 0.25) is 0 Å². The molecule has 240 valence electrons. The number of nitrogens with zero attached hydrogens (tertiary/aromatic N) is 1. The first kappa shape index (κ1) is 36.2. The first-order valence-electron chi connectivity index (χ1n) is 15.5. The molecule has 2 aromatic heterocycles. The lowest BCUT2D eigenvalue weighted by Gasteiger charge is -2.25. The number of amides is 1. The zero-order valence-electron chi connectivity index (χ0n) is 25.1. The van der Waals surface area contributed by atoms with Gasteiger partial charge in [-0.25, -0.2) is 9.78 Å². The minimum absolute atomic E-state index is 0.0647. The van der Waals surface area contributed by atoms with E-state index in [1.165, 1.54) is 101 Å². The van der Waals surface area contributed by atoms with Crippen LogP contribution in [0.1, 0.15) is 108 Å². The zero-order valence-corrected chi connectivity index (χ0v) is 26.8. The van der Waals surface area contributed by atoms with E-state index in [0.717, 1.165) is 24.3 Å². The Morgan fingerprint density at radius 1 is 1.00 bits per heavy atom. The average Bonchev–Trinajstić information content (AvgIpc) is 3.69. The number of phosphoric ester groups is 1. The van der Waals surface area contributed by atoms with Crippen LogP contribution in [0.4, 0.5) is 4.79 Å². The van der Waals surface area contributed by atoms with Crippen molar-refractivity contribution in [3.63, 3.8) is 0 Å². The Hall–Kier alpha value is -1.98. The normalized spacial score (nSPS) is 13.5. The van der Waals surface area contributed by atoms with Gasteiger partial charge in [0.1, 0.15) is 12.9 Å². The fourth-order valence-corrected chi connectivity index (χ4v) is 5.70. The maximum absolute atomic E-state index is 12.1. The van der Waals surface area contributed by atoms with Crippen LogP contribution >= 0.6 is 19.2 Å². The Bertz CT molecular complexity index is 949. The third kappa shape index (κ3) is 19.3. The number of alkyl carbamates (subject to hydrolysis) is 1. The van der Waals surface area contributed by atoms with Gasteiger partial charge in [-0.3, -0.25) is 4.57 Å². The number of hydrogen-bond acceptors (Lipinski definition) is 10. The lowest BCUT2D eigenvalue weighted by Crippen LogP contribution is -2.34. The van der Waals surface area contributed by atoms with E-state index < -0.39 is 26.6 Å². The van der Waals surface area contributed by atoms with Crippen LogP contribution < -0.4 is 19.9 Å². The molecule has 1 amide bonds. The van der Waals surface area contributed by atoms with Gasteiger partial charge in [-0.1, -0.05) is 108 Å². The Morgan fingerprint density at radius 2 is 1.64 bits per heavy atom. The van der Waals surface area contributed by atoms with E-state index in [4.69, 9.17) is 23.0 Å². The minimum atomic E-state index is -4.59. The van der Waals surface area contributed by atoms with Crippen LogP contribution in [-0.4, -0.2) is 43.7 Å².